The lowest BCUT2D eigenvalue weighted by Gasteiger charge is -2.08. The number of hydrogen-bond donors (Lipinski definition) is 1. The molecule has 7 nitrogen and oxygen atoms in total. The van der Waals surface area contributed by atoms with Gasteiger partial charge in [-0.25, -0.2) is 9.97 Å². The third-order valence-electron chi connectivity index (χ3n) is 2.59. The summed E-state index contributed by atoms with van der Waals surface area (Å²) in [5.74, 6) is -0.682. The highest BCUT2D eigenvalue weighted by Gasteiger charge is 2.22. The number of carbonyl (C=O) groups is 1. The summed E-state index contributed by atoms with van der Waals surface area (Å²) >= 11 is 11.4. The van der Waals surface area contributed by atoms with Crippen molar-refractivity contribution in [2.75, 3.05) is 5.32 Å². The molecular weight excluding hydrogens is 319 g/mol. The van der Waals surface area contributed by atoms with Gasteiger partial charge in [0.15, 0.2) is 0 Å². The molecule has 21 heavy (non-hydrogen) atoms. The van der Waals surface area contributed by atoms with E-state index < -0.39 is 16.5 Å². The fraction of sp³-hybridized carbons (Fsp3) is 0.0833. The summed E-state index contributed by atoms with van der Waals surface area (Å²) in [4.78, 5) is 29.9. The number of anilines is 1. The van der Waals surface area contributed by atoms with Crippen LogP contribution in [-0.4, -0.2) is 20.8 Å². The Balaban J connectivity index is 2.36. The molecule has 0 bridgehead atoms. The third-order valence-corrected chi connectivity index (χ3v) is 3.01. The second-order valence-electron chi connectivity index (χ2n) is 4.00. The number of rotatable bonds is 3. The topological polar surface area (TPSA) is 98.0 Å². The van der Waals surface area contributed by atoms with Crippen molar-refractivity contribution in [3.63, 3.8) is 0 Å². The van der Waals surface area contributed by atoms with E-state index >= 15 is 0 Å². The molecule has 0 aromatic carbocycles. The van der Waals surface area contributed by atoms with Gasteiger partial charge in [0.25, 0.3) is 11.6 Å². The molecule has 2 heterocycles. The van der Waals surface area contributed by atoms with Crippen LogP contribution in [0, 0.1) is 17.0 Å². The number of hydrogen-bond acceptors (Lipinski definition) is 5. The Hall–Kier alpha value is -2.25. The number of nitrogens with one attached hydrogen (secondary N) is 1. The normalized spacial score (nSPS) is 10.2. The average molecular weight is 327 g/mol. The zero-order valence-corrected chi connectivity index (χ0v) is 12.1. The molecule has 0 spiro atoms. The maximum absolute atomic E-state index is 12.2. The van der Waals surface area contributed by atoms with Crippen molar-refractivity contribution in [2.24, 2.45) is 0 Å². The highest BCUT2D eigenvalue weighted by atomic mass is 35.5. The van der Waals surface area contributed by atoms with Crippen LogP contribution in [0.15, 0.2) is 24.4 Å². The number of carbonyl (C=O) groups excluding carboxylic acids is 1. The lowest BCUT2D eigenvalue weighted by molar-refractivity contribution is -0.385. The molecule has 2 rings (SSSR count). The first-order chi connectivity index (χ1) is 9.88. The van der Waals surface area contributed by atoms with E-state index in [9.17, 15) is 14.9 Å². The van der Waals surface area contributed by atoms with Crippen molar-refractivity contribution in [3.05, 3.63) is 56.1 Å². The first-order valence-electron chi connectivity index (χ1n) is 5.63. The second-order valence-corrected chi connectivity index (χ2v) is 4.78. The largest absolute Gasteiger partial charge is 0.320 e. The van der Waals surface area contributed by atoms with Gasteiger partial charge in [-0.1, -0.05) is 23.2 Å². The van der Waals surface area contributed by atoms with Gasteiger partial charge >= 0.3 is 0 Å². The minimum absolute atomic E-state index is 0.0169. The van der Waals surface area contributed by atoms with Gasteiger partial charge in [0.2, 0.25) is 0 Å². The van der Waals surface area contributed by atoms with Gasteiger partial charge in [0.05, 0.1) is 16.3 Å². The van der Waals surface area contributed by atoms with Crippen LogP contribution < -0.4 is 5.32 Å². The molecule has 0 saturated heterocycles. The molecule has 1 N–H and O–H groups in total. The highest BCUT2D eigenvalue weighted by Crippen LogP contribution is 2.23. The first kappa shape index (κ1) is 15.1. The predicted octanol–water partition coefficient (Wildman–Crippen LogP) is 3.25. The average Bonchev–Trinajstić information content (AvgIpc) is 2.41. The smallest absolute Gasteiger partial charge is 0.300 e. The van der Waals surface area contributed by atoms with E-state index in [0.717, 1.165) is 12.3 Å². The minimum Gasteiger partial charge on any atom is -0.320 e. The van der Waals surface area contributed by atoms with E-state index in [1.54, 1.807) is 13.0 Å². The number of aryl methyl sites for hydroxylation is 1. The lowest BCUT2D eigenvalue weighted by atomic mass is 10.2. The maximum Gasteiger partial charge on any atom is 0.300 e. The molecule has 1 amide bonds. The molecular formula is C12H8Cl2N4O3. The zero-order valence-electron chi connectivity index (χ0n) is 10.6. The van der Waals surface area contributed by atoms with Gasteiger partial charge < -0.3 is 5.32 Å². The van der Waals surface area contributed by atoms with E-state index in [1.807, 2.05) is 0 Å². The summed E-state index contributed by atoms with van der Waals surface area (Å²) < 4.78 is 0. The van der Waals surface area contributed by atoms with E-state index in [4.69, 9.17) is 23.2 Å². The quantitative estimate of drug-likeness (QED) is 0.530. The van der Waals surface area contributed by atoms with Crippen molar-refractivity contribution in [1.82, 2.24) is 9.97 Å². The Bertz CT molecular complexity index is 736. The van der Waals surface area contributed by atoms with E-state index in [2.05, 4.69) is 15.3 Å². The van der Waals surface area contributed by atoms with Gasteiger partial charge in [0.1, 0.15) is 22.1 Å². The van der Waals surface area contributed by atoms with Gasteiger partial charge in [-0.05, 0) is 25.1 Å². The monoisotopic (exact) mass is 326 g/mol. The summed E-state index contributed by atoms with van der Waals surface area (Å²) in [5, 5.41) is 13.7. The molecule has 0 aliphatic rings. The van der Waals surface area contributed by atoms with Gasteiger partial charge in [0, 0.05) is 0 Å². The molecule has 0 aliphatic carbocycles. The van der Waals surface area contributed by atoms with Crippen molar-refractivity contribution in [1.29, 1.82) is 0 Å². The predicted molar refractivity (Wildman–Crippen MR) is 77.8 cm³/mol. The molecule has 2 aromatic heterocycles. The van der Waals surface area contributed by atoms with Crippen LogP contribution in [-0.2, 0) is 0 Å². The van der Waals surface area contributed by atoms with Crippen molar-refractivity contribution in [2.45, 2.75) is 6.92 Å². The van der Waals surface area contributed by atoms with Gasteiger partial charge in [-0.15, -0.1) is 0 Å². The Labute approximate surface area is 129 Å². The number of nitro groups is 1. The summed E-state index contributed by atoms with van der Waals surface area (Å²) in [5.41, 5.74) is 0.260. The Kier molecular flexibility index (Phi) is 4.35. The van der Waals surface area contributed by atoms with E-state index in [-0.39, 0.29) is 15.9 Å². The van der Waals surface area contributed by atoms with E-state index in [1.165, 1.54) is 6.07 Å². The standard InChI is InChI=1S/C12H8Cl2N4O3/c1-6-8(2-3-10(13)16-6)17-12(19)7-4-11(14)15-5-9(7)18(20)21/h2-5H,1H3,(H,17,19). The van der Waals surface area contributed by atoms with Crippen LogP contribution in [0.1, 0.15) is 16.1 Å². The molecule has 0 unspecified atom stereocenters. The molecule has 0 radical (unpaired) electrons. The van der Waals surface area contributed by atoms with Crippen molar-refractivity contribution >= 4 is 40.5 Å². The molecule has 0 saturated carbocycles. The van der Waals surface area contributed by atoms with Crippen molar-refractivity contribution in [3.8, 4) is 0 Å². The van der Waals surface area contributed by atoms with Crippen LogP contribution in [0.25, 0.3) is 0 Å². The van der Waals surface area contributed by atoms with Gasteiger partial charge in [-0.2, -0.15) is 0 Å². The number of pyridine rings is 2. The molecule has 0 aliphatic heterocycles. The Morgan fingerprint density at radius 1 is 1.33 bits per heavy atom. The second kappa shape index (κ2) is 6.02. The van der Waals surface area contributed by atoms with Crippen LogP contribution in [0.5, 0.6) is 0 Å². The Morgan fingerprint density at radius 3 is 2.67 bits per heavy atom. The lowest BCUT2D eigenvalue weighted by Crippen LogP contribution is -2.15. The molecule has 2 aromatic rings. The molecule has 0 atom stereocenters. The van der Waals surface area contributed by atoms with Gasteiger partial charge in [-0.3, -0.25) is 14.9 Å². The van der Waals surface area contributed by atoms with Crippen LogP contribution in [0.4, 0.5) is 11.4 Å². The van der Waals surface area contributed by atoms with Crippen LogP contribution >= 0.6 is 23.2 Å². The van der Waals surface area contributed by atoms with Crippen molar-refractivity contribution < 1.29 is 9.72 Å². The summed E-state index contributed by atoms with van der Waals surface area (Å²) in [6, 6.07) is 4.18. The molecule has 108 valence electrons. The highest BCUT2D eigenvalue weighted by molar-refractivity contribution is 6.30. The summed E-state index contributed by atoms with van der Waals surface area (Å²) in [6.07, 6.45) is 0.935. The number of aromatic nitrogens is 2. The summed E-state index contributed by atoms with van der Waals surface area (Å²) in [6.45, 7) is 1.65. The minimum atomic E-state index is -0.703. The first-order valence-corrected chi connectivity index (χ1v) is 6.38. The number of amides is 1. The maximum atomic E-state index is 12.2. The summed E-state index contributed by atoms with van der Waals surface area (Å²) in [7, 11) is 0. The van der Waals surface area contributed by atoms with E-state index in [0.29, 0.717) is 11.4 Å². The van der Waals surface area contributed by atoms with Crippen LogP contribution in [0.2, 0.25) is 10.3 Å². The Morgan fingerprint density at radius 2 is 2.05 bits per heavy atom. The number of nitrogens with zero attached hydrogens (tertiary/aromatic N) is 3. The SMILES string of the molecule is Cc1nc(Cl)ccc1NC(=O)c1cc(Cl)ncc1[N+](=O)[O-]. The fourth-order valence-corrected chi connectivity index (χ4v) is 1.95. The number of halogens is 2. The third kappa shape index (κ3) is 3.45. The fourth-order valence-electron chi connectivity index (χ4n) is 1.60. The molecule has 9 heteroatoms. The van der Waals surface area contributed by atoms with Crippen LogP contribution in [0.3, 0.4) is 0 Å². The molecule has 0 fully saturated rings. The zero-order chi connectivity index (χ0) is 15.6.